The van der Waals surface area contributed by atoms with E-state index < -0.39 is 5.97 Å². The first-order chi connectivity index (χ1) is 4.74. The lowest BCUT2D eigenvalue weighted by molar-refractivity contribution is 0.0702. The minimum atomic E-state index is -1.05. The van der Waals surface area contributed by atoms with E-state index in [2.05, 4.69) is 4.37 Å². The van der Waals surface area contributed by atoms with Gasteiger partial charge in [-0.1, -0.05) is 0 Å². The molecule has 0 bridgehead atoms. The Labute approximate surface area is 60.3 Å². The van der Waals surface area contributed by atoms with E-state index in [1.54, 1.807) is 0 Å². The van der Waals surface area contributed by atoms with Crippen molar-refractivity contribution < 1.29 is 14.7 Å². The molecule has 1 aromatic rings. The van der Waals surface area contributed by atoms with Crippen molar-refractivity contribution in [1.29, 1.82) is 0 Å². The minimum absolute atomic E-state index is 0.0853. The molecule has 0 aliphatic heterocycles. The molecule has 0 fully saturated rings. The predicted octanol–water partition coefficient (Wildman–Crippen LogP) is 0.654. The summed E-state index contributed by atoms with van der Waals surface area (Å²) in [7, 11) is 0. The molecule has 0 aliphatic carbocycles. The van der Waals surface area contributed by atoms with Crippen LogP contribution in [0, 0.1) is 0 Å². The Hall–Kier alpha value is -1.23. The monoisotopic (exact) mass is 157 g/mol. The van der Waals surface area contributed by atoms with Gasteiger partial charge in [-0.05, 0) is 17.6 Å². The SMILES string of the molecule is O=Cc1cc(C(=O)O)sn1. The molecule has 1 rings (SSSR count). The number of carbonyl (C=O) groups is 2. The average molecular weight is 157 g/mol. The summed E-state index contributed by atoms with van der Waals surface area (Å²) in [6.45, 7) is 0. The topological polar surface area (TPSA) is 67.3 Å². The summed E-state index contributed by atoms with van der Waals surface area (Å²) < 4.78 is 3.55. The van der Waals surface area contributed by atoms with Crippen LogP contribution in [0.3, 0.4) is 0 Å². The summed E-state index contributed by atoms with van der Waals surface area (Å²) in [6, 6.07) is 1.24. The number of aromatic nitrogens is 1. The number of aldehydes is 1. The van der Waals surface area contributed by atoms with Gasteiger partial charge >= 0.3 is 5.97 Å². The van der Waals surface area contributed by atoms with Crippen molar-refractivity contribution in [3.63, 3.8) is 0 Å². The van der Waals surface area contributed by atoms with E-state index in [9.17, 15) is 9.59 Å². The molecule has 0 unspecified atom stereocenters. The summed E-state index contributed by atoms with van der Waals surface area (Å²) in [6.07, 6.45) is 0.517. The molecule has 4 nitrogen and oxygen atoms in total. The molecule has 1 heterocycles. The van der Waals surface area contributed by atoms with Gasteiger partial charge in [-0.25, -0.2) is 4.79 Å². The van der Waals surface area contributed by atoms with Crippen LogP contribution in [0.2, 0.25) is 0 Å². The Kier molecular flexibility index (Phi) is 1.77. The Morgan fingerprint density at radius 3 is 2.80 bits per heavy atom. The first-order valence-corrected chi connectivity index (χ1v) is 3.16. The number of carboxylic acid groups (broad SMARTS) is 1. The van der Waals surface area contributed by atoms with Crippen LogP contribution in [-0.2, 0) is 0 Å². The molecule has 0 radical (unpaired) electrons. The van der Waals surface area contributed by atoms with Crippen LogP contribution in [-0.4, -0.2) is 21.7 Å². The molecule has 1 N–H and O–H groups in total. The van der Waals surface area contributed by atoms with Crippen molar-refractivity contribution in [1.82, 2.24) is 4.37 Å². The van der Waals surface area contributed by atoms with Gasteiger partial charge in [-0.2, -0.15) is 4.37 Å². The maximum Gasteiger partial charge on any atom is 0.347 e. The van der Waals surface area contributed by atoms with Gasteiger partial charge in [0.05, 0.1) is 0 Å². The Bertz CT molecular complexity index is 268. The highest BCUT2D eigenvalue weighted by Gasteiger charge is 2.06. The molecule has 1 aromatic heterocycles. The summed E-state index contributed by atoms with van der Waals surface area (Å²) >= 11 is 0.801. The fraction of sp³-hybridized carbons (Fsp3) is 0. The zero-order chi connectivity index (χ0) is 7.56. The quantitative estimate of drug-likeness (QED) is 0.640. The third kappa shape index (κ3) is 1.19. The van der Waals surface area contributed by atoms with Crippen LogP contribution in [0.15, 0.2) is 6.07 Å². The van der Waals surface area contributed by atoms with Gasteiger partial charge in [-0.15, -0.1) is 0 Å². The van der Waals surface area contributed by atoms with Crippen LogP contribution in [0.1, 0.15) is 20.2 Å². The molecule has 52 valence electrons. The number of hydrogen-bond donors (Lipinski definition) is 1. The first-order valence-electron chi connectivity index (χ1n) is 2.39. The molecule has 0 aromatic carbocycles. The summed E-state index contributed by atoms with van der Waals surface area (Å²) in [4.78, 5) is 20.3. The molecule has 0 saturated heterocycles. The van der Waals surface area contributed by atoms with E-state index in [1.165, 1.54) is 6.07 Å². The van der Waals surface area contributed by atoms with Crippen LogP contribution in [0.4, 0.5) is 0 Å². The molecule has 0 atom stereocenters. The molecular weight excluding hydrogens is 154 g/mol. The van der Waals surface area contributed by atoms with Crippen LogP contribution >= 0.6 is 11.5 Å². The highest BCUT2D eigenvalue weighted by atomic mass is 32.1. The second-order valence-corrected chi connectivity index (χ2v) is 2.34. The van der Waals surface area contributed by atoms with E-state index in [4.69, 9.17) is 5.11 Å². The molecule has 0 saturated carbocycles. The van der Waals surface area contributed by atoms with Gasteiger partial charge in [0, 0.05) is 0 Å². The van der Waals surface area contributed by atoms with Crippen molar-refractivity contribution >= 4 is 23.8 Å². The highest BCUT2D eigenvalue weighted by molar-refractivity contribution is 7.08. The van der Waals surface area contributed by atoms with Crippen molar-refractivity contribution in [2.24, 2.45) is 0 Å². The Morgan fingerprint density at radius 2 is 2.50 bits per heavy atom. The van der Waals surface area contributed by atoms with Crippen molar-refractivity contribution in [3.8, 4) is 0 Å². The number of rotatable bonds is 2. The third-order valence-electron chi connectivity index (χ3n) is 0.860. The van der Waals surface area contributed by atoms with Gasteiger partial charge < -0.3 is 5.11 Å². The van der Waals surface area contributed by atoms with Crippen molar-refractivity contribution in [2.75, 3.05) is 0 Å². The minimum Gasteiger partial charge on any atom is -0.477 e. The lowest BCUT2D eigenvalue weighted by Gasteiger charge is -1.77. The standard InChI is InChI=1S/C5H3NO3S/c7-2-3-1-4(5(8)9)10-6-3/h1-2H,(H,8,9). The van der Waals surface area contributed by atoms with E-state index in [1.807, 2.05) is 0 Å². The van der Waals surface area contributed by atoms with Gasteiger partial charge in [0.25, 0.3) is 0 Å². The molecule has 5 heteroatoms. The van der Waals surface area contributed by atoms with E-state index in [0.717, 1.165) is 11.5 Å². The predicted molar refractivity (Wildman–Crippen MR) is 34.5 cm³/mol. The van der Waals surface area contributed by atoms with E-state index in [0.29, 0.717) is 6.29 Å². The molecular formula is C5H3NO3S. The number of aromatic carboxylic acids is 1. The lowest BCUT2D eigenvalue weighted by atomic mass is 10.4. The summed E-state index contributed by atoms with van der Waals surface area (Å²) in [5, 5.41) is 8.35. The molecule has 0 aliphatic rings. The maximum atomic E-state index is 10.2. The average Bonchev–Trinajstić information content (AvgIpc) is 2.34. The summed E-state index contributed by atoms with van der Waals surface area (Å²) in [5.74, 6) is -1.05. The Balaban J connectivity index is 2.98. The van der Waals surface area contributed by atoms with Crippen LogP contribution in [0.25, 0.3) is 0 Å². The second-order valence-electron chi connectivity index (χ2n) is 1.54. The van der Waals surface area contributed by atoms with Gasteiger partial charge in [-0.3, -0.25) is 4.79 Å². The molecule has 10 heavy (non-hydrogen) atoms. The van der Waals surface area contributed by atoms with Crippen molar-refractivity contribution in [2.45, 2.75) is 0 Å². The number of hydrogen-bond acceptors (Lipinski definition) is 4. The highest BCUT2D eigenvalue weighted by Crippen LogP contribution is 2.07. The summed E-state index contributed by atoms with van der Waals surface area (Å²) in [5.41, 5.74) is 0.169. The van der Waals surface area contributed by atoms with Gasteiger partial charge in [0.2, 0.25) is 0 Å². The maximum absolute atomic E-state index is 10.2. The van der Waals surface area contributed by atoms with Crippen molar-refractivity contribution in [3.05, 3.63) is 16.6 Å². The number of carboxylic acids is 1. The molecule has 0 amide bonds. The third-order valence-corrected chi connectivity index (χ3v) is 1.65. The van der Waals surface area contributed by atoms with Crippen LogP contribution < -0.4 is 0 Å². The Morgan fingerprint density at radius 1 is 1.80 bits per heavy atom. The zero-order valence-corrected chi connectivity index (χ0v) is 5.59. The number of nitrogens with zero attached hydrogens (tertiary/aromatic N) is 1. The smallest absolute Gasteiger partial charge is 0.347 e. The van der Waals surface area contributed by atoms with Gasteiger partial charge in [0.1, 0.15) is 10.6 Å². The van der Waals surface area contributed by atoms with Crippen LogP contribution in [0.5, 0.6) is 0 Å². The van der Waals surface area contributed by atoms with Gasteiger partial charge in [0.15, 0.2) is 6.29 Å². The first kappa shape index (κ1) is 6.88. The van der Waals surface area contributed by atoms with E-state index in [-0.39, 0.29) is 10.6 Å². The fourth-order valence-electron chi connectivity index (χ4n) is 0.445. The van der Waals surface area contributed by atoms with E-state index >= 15 is 0 Å². The second kappa shape index (κ2) is 2.57. The number of carbonyl (C=O) groups excluding carboxylic acids is 1. The zero-order valence-electron chi connectivity index (χ0n) is 4.77. The molecule has 0 spiro atoms. The fourth-order valence-corrected chi connectivity index (χ4v) is 0.996. The largest absolute Gasteiger partial charge is 0.477 e. The lowest BCUT2D eigenvalue weighted by Crippen LogP contribution is -1.90. The normalized spacial score (nSPS) is 9.20.